The van der Waals surface area contributed by atoms with Gasteiger partial charge in [-0.05, 0) is 37.7 Å². The minimum absolute atomic E-state index is 0.0704. The highest BCUT2D eigenvalue weighted by Crippen LogP contribution is 2.45. The summed E-state index contributed by atoms with van der Waals surface area (Å²) in [5.41, 5.74) is -0.674. The van der Waals surface area contributed by atoms with Gasteiger partial charge in [0, 0.05) is 6.04 Å². The second-order valence-corrected chi connectivity index (χ2v) is 5.45. The summed E-state index contributed by atoms with van der Waals surface area (Å²) in [4.78, 5) is 11.7. The Balaban J connectivity index is 2.23. The highest BCUT2D eigenvalue weighted by Gasteiger charge is 2.50. The Labute approximate surface area is 95.6 Å². The molecular weight excluding hydrogens is 208 g/mol. The molecule has 0 bridgehead atoms. The molecule has 1 aliphatic rings. The van der Waals surface area contributed by atoms with E-state index in [-0.39, 0.29) is 11.9 Å². The van der Waals surface area contributed by atoms with Gasteiger partial charge in [-0.1, -0.05) is 6.92 Å². The van der Waals surface area contributed by atoms with Gasteiger partial charge in [-0.2, -0.15) is 17.0 Å². The van der Waals surface area contributed by atoms with Crippen molar-refractivity contribution in [2.75, 3.05) is 11.5 Å². The van der Waals surface area contributed by atoms with E-state index in [0.29, 0.717) is 0 Å². The minimum atomic E-state index is -0.674. The molecule has 3 nitrogen and oxygen atoms in total. The highest BCUT2D eigenvalue weighted by molar-refractivity contribution is 7.99. The Morgan fingerprint density at radius 2 is 2.33 bits per heavy atom. The standard InChI is InChI=1S/C11H18N2OS/c1-3-15-7-4-9(2)13-10(14)11(8-12)5-6-11/h9H,3-7H2,1-2H3,(H,13,14). The first kappa shape index (κ1) is 12.4. The molecule has 1 aliphatic carbocycles. The summed E-state index contributed by atoms with van der Waals surface area (Å²) in [6.07, 6.45) is 2.43. The second kappa shape index (κ2) is 5.41. The summed E-state index contributed by atoms with van der Waals surface area (Å²) < 4.78 is 0. The number of nitrogens with one attached hydrogen (secondary N) is 1. The molecule has 1 rings (SSSR count). The number of amides is 1. The first-order valence-corrected chi connectivity index (χ1v) is 6.60. The molecule has 0 aromatic carbocycles. The third-order valence-electron chi connectivity index (χ3n) is 2.68. The molecule has 15 heavy (non-hydrogen) atoms. The van der Waals surface area contributed by atoms with Gasteiger partial charge in [-0.25, -0.2) is 0 Å². The third-order valence-corrected chi connectivity index (χ3v) is 3.61. The Morgan fingerprint density at radius 3 is 2.80 bits per heavy atom. The third kappa shape index (κ3) is 3.42. The Bertz CT molecular complexity index is 268. The second-order valence-electron chi connectivity index (χ2n) is 4.05. The van der Waals surface area contributed by atoms with Crippen molar-refractivity contribution in [2.45, 2.75) is 39.2 Å². The van der Waals surface area contributed by atoms with Gasteiger partial charge in [0.05, 0.1) is 6.07 Å². The molecule has 0 radical (unpaired) electrons. The van der Waals surface area contributed by atoms with Crippen LogP contribution in [0.5, 0.6) is 0 Å². The van der Waals surface area contributed by atoms with E-state index < -0.39 is 5.41 Å². The number of rotatable bonds is 6. The van der Waals surface area contributed by atoms with Crippen LogP contribution in [0.15, 0.2) is 0 Å². The van der Waals surface area contributed by atoms with E-state index in [1.54, 1.807) is 0 Å². The summed E-state index contributed by atoms with van der Waals surface area (Å²) in [5.74, 6) is 2.11. The van der Waals surface area contributed by atoms with Crippen LogP contribution < -0.4 is 5.32 Å². The first-order valence-electron chi connectivity index (χ1n) is 5.44. The number of nitriles is 1. The molecule has 1 fully saturated rings. The average molecular weight is 226 g/mol. The summed E-state index contributed by atoms with van der Waals surface area (Å²) in [6, 6.07) is 2.29. The zero-order chi connectivity index (χ0) is 11.3. The van der Waals surface area contributed by atoms with Crippen LogP contribution in [-0.4, -0.2) is 23.5 Å². The number of carbonyl (C=O) groups is 1. The topological polar surface area (TPSA) is 52.9 Å². The molecule has 0 spiro atoms. The maximum absolute atomic E-state index is 11.7. The fourth-order valence-electron chi connectivity index (χ4n) is 1.35. The normalized spacial score (nSPS) is 19.0. The van der Waals surface area contributed by atoms with E-state index >= 15 is 0 Å². The van der Waals surface area contributed by atoms with Crippen LogP contribution in [-0.2, 0) is 4.79 Å². The predicted molar refractivity (Wildman–Crippen MR) is 62.5 cm³/mol. The molecular formula is C11H18N2OS. The van der Waals surface area contributed by atoms with Crippen LogP contribution in [0.4, 0.5) is 0 Å². The van der Waals surface area contributed by atoms with Gasteiger partial charge >= 0.3 is 0 Å². The predicted octanol–water partition coefficient (Wildman–Crippen LogP) is 1.94. The number of nitrogens with zero attached hydrogens (tertiary/aromatic N) is 1. The van der Waals surface area contributed by atoms with Crippen LogP contribution in [0, 0.1) is 16.7 Å². The molecule has 1 unspecified atom stereocenters. The smallest absolute Gasteiger partial charge is 0.240 e. The van der Waals surface area contributed by atoms with Crippen molar-refractivity contribution >= 4 is 17.7 Å². The summed E-state index contributed by atoms with van der Waals surface area (Å²) in [5, 5.41) is 11.8. The Morgan fingerprint density at radius 1 is 1.67 bits per heavy atom. The van der Waals surface area contributed by atoms with Crippen LogP contribution in [0.3, 0.4) is 0 Å². The van der Waals surface area contributed by atoms with Gasteiger partial charge < -0.3 is 5.32 Å². The van der Waals surface area contributed by atoms with E-state index in [1.165, 1.54) is 0 Å². The largest absolute Gasteiger partial charge is 0.352 e. The van der Waals surface area contributed by atoms with Gasteiger partial charge in [0.2, 0.25) is 5.91 Å². The zero-order valence-corrected chi connectivity index (χ0v) is 10.2. The van der Waals surface area contributed by atoms with E-state index in [1.807, 2.05) is 18.7 Å². The fraction of sp³-hybridized carbons (Fsp3) is 0.818. The molecule has 0 saturated heterocycles. The average Bonchev–Trinajstić information content (AvgIpc) is 2.98. The molecule has 0 aromatic heterocycles. The molecule has 0 aliphatic heterocycles. The van der Waals surface area contributed by atoms with Gasteiger partial charge in [0.25, 0.3) is 0 Å². The van der Waals surface area contributed by atoms with Crippen LogP contribution in [0.1, 0.15) is 33.1 Å². The van der Waals surface area contributed by atoms with E-state index in [0.717, 1.165) is 30.8 Å². The lowest BCUT2D eigenvalue weighted by atomic mass is 10.1. The van der Waals surface area contributed by atoms with Gasteiger partial charge in [-0.3, -0.25) is 4.79 Å². The molecule has 0 heterocycles. The first-order chi connectivity index (χ1) is 7.14. The lowest BCUT2D eigenvalue weighted by Crippen LogP contribution is -2.38. The van der Waals surface area contributed by atoms with Gasteiger partial charge in [0.1, 0.15) is 5.41 Å². The Hall–Kier alpha value is -0.690. The minimum Gasteiger partial charge on any atom is -0.352 e. The van der Waals surface area contributed by atoms with Gasteiger partial charge in [0.15, 0.2) is 0 Å². The SMILES string of the molecule is CCSCCC(C)NC(=O)C1(C#N)CC1. The van der Waals surface area contributed by atoms with Crippen molar-refractivity contribution in [2.24, 2.45) is 5.41 Å². The van der Waals surface area contributed by atoms with Crippen molar-refractivity contribution in [3.63, 3.8) is 0 Å². The van der Waals surface area contributed by atoms with Gasteiger partial charge in [-0.15, -0.1) is 0 Å². The van der Waals surface area contributed by atoms with Crippen molar-refractivity contribution < 1.29 is 4.79 Å². The summed E-state index contributed by atoms with van der Waals surface area (Å²) >= 11 is 1.88. The van der Waals surface area contributed by atoms with Crippen LogP contribution >= 0.6 is 11.8 Å². The molecule has 84 valence electrons. The molecule has 4 heteroatoms. The highest BCUT2D eigenvalue weighted by atomic mass is 32.2. The lowest BCUT2D eigenvalue weighted by Gasteiger charge is -2.15. The lowest BCUT2D eigenvalue weighted by molar-refractivity contribution is -0.125. The quantitative estimate of drug-likeness (QED) is 0.704. The van der Waals surface area contributed by atoms with Crippen molar-refractivity contribution in [1.29, 1.82) is 5.26 Å². The van der Waals surface area contributed by atoms with Crippen LogP contribution in [0.25, 0.3) is 0 Å². The van der Waals surface area contributed by atoms with Crippen molar-refractivity contribution in [3.05, 3.63) is 0 Å². The zero-order valence-electron chi connectivity index (χ0n) is 9.38. The van der Waals surface area contributed by atoms with Crippen LogP contribution in [0.2, 0.25) is 0 Å². The van der Waals surface area contributed by atoms with Crippen molar-refractivity contribution in [1.82, 2.24) is 5.32 Å². The molecule has 1 N–H and O–H groups in total. The summed E-state index contributed by atoms with van der Waals surface area (Å²) in [7, 11) is 0. The summed E-state index contributed by atoms with van der Waals surface area (Å²) in [6.45, 7) is 4.13. The fourth-order valence-corrected chi connectivity index (χ4v) is 2.16. The number of hydrogen-bond acceptors (Lipinski definition) is 3. The molecule has 1 amide bonds. The van der Waals surface area contributed by atoms with E-state index in [4.69, 9.17) is 5.26 Å². The Kier molecular flexibility index (Phi) is 4.46. The number of hydrogen-bond donors (Lipinski definition) is 1. The van der Waals surface area contributed by atoms with E-state index in [9.17, 15) is 4.79 Å². The maximum atomic E-state index is 11.7. The van der Waals surface area contributed by atoms with Crippen molar-refractivity contribution in [3.8, 4) is 6.07 Å². The number of thioether (sulfide) groups is 1. The monoisotopic (exact) mass is 226 g/mol. The number of carbonyl (C=O) groups excluding carboxylic acids is 1. The maximum Gasteiger partial charge on any atom is 0.240 e. The molecule has 0 aromatic rings. The van der Waals surface area contributed by atoms with E-state index in [2.05, 4.69) is 18.3 Å². The molecule has 1 saturated carbocycles. The molecule has 1 atom stereocenters.